The first kappa shape index (κ1) is 22.2. The van der Waals surface area contributed by atoms with Crippen LogP contribution < -0.4 is 4.31 Å². The van der Waals surface area contributed by atoms with E-state index in [0.29, 0.717) is 28.1 Å². The van der Waals surface area contributed by atoms with Gasteiger partial charge in [0.05, 0.1) is 35.8 Å². The number of imidazole rings is 1. The number of anilines is 1. The molecule has 0 amide bonds. The number of aromatic nitrogens is 4. The molecule has 1 aliphatic heterocycles. The van der Waals surface area contributed by atoms with Crippen molar-refractivity contribution in [3.8, 4) is 0 Å². The van der Waals surface area contributed by atoms with E-state index in [9.17, 15) is 18.5 Å². The van der Waals surface area contributed by atoms with Gasteiger partial charge in [0.25, 0.3) is 15.7 Å². The molecule has 0 bridgehead atoms. The van der Waals surface area contributed by atoms with Crippen LogP contribution in [0.5, 0.6) is 0 Å². The van der Waals surface area contributed by atoms with E-state index in [1.54, 1.807) is 35.8 Å². The normalized spacial score (nSPS) is 16.3. The fourth-order valence-electron chi connectivity index (χ4n) is 3.93. The molecule has 174 valence electrons. The second kappa shape index (κ2) is 8.31. The van der Waals surface area contributed by atoms with E-state index in [0.717, 1.165) is 10.4 Å². The molecule has 0 aliphatic carbocycles. The molecular formula is C21H17ClN6O5S. The summed E-state index contributed by atoms with van der Waals surface area (Å²) in [6.07, 6.45) is 0.638. The van der Waals surface area contributed by atoms with E-state index < -0.39 is 31.8 Å². The lowest BCUT2D eigenvalue weighted by Crippen LogP contribution is -2.36. The summed E-state index contributed by atoms with van der Waals surface area (Å²) in [5.41, 5.74) is 1.93. The van der Waals surface area contributed by atoms with E-state index in [2.05, 4.69) is 15.0 Å². The zero-order valence-electron chi connectivity index (χ0n) is 17.7. The highest BCUT2D eigenvalue weighted by molar-refractivity contribution is 7.93. The molecule has 4 aromatic rings. The molecule has 0 saturated carbocycles. The van der Waals surface area contributed by atoms with Crippen LogP contribution in [0.1, 0.15) is 17.5 Å². The van der Waals surface area contributed by atoms with Crippen molar-refractivity contribution in [1.82, 2.24) is 19.5 Å². The number of nitrogens with zero attached hydrogens (tertiary/aromatic N) is 6. The number of fused-ring (bicyclic) bond motifs is 2. The first-order chi connectivity index (χ1) is 16.3. The van der Waals surface area contributed by atoms with E-state index in [4.69, 9.17) is 16.3 Å². The van der Waals surface area contributed by atoms with E-state index >= 15 is 0 Å². The van der Waals surface area contributed by atoms with Crippen LogP contribution in [0.3, 0.4) is 0 Å². The molecule has 1 atom stereocenters. The Bertz CT molecular complexity index is 1540. The number of aryl methyl sites for hydroxylation is 1. The Balaban J connectivity index is 1.66. The summed E-state index contributed by atoms with van der Waals surface area (Å²) >= 11 is 6.05. The number of para-hydroxylation sites is 2. The lowest BCUT2D eigenvalue weighted by atomic mass is 10.2. The van der Waals surface area contributed by atoms with Gasteiger partial charge in [0.2, 0.25) is 5.28 Å². The minimum absolute atomic E-state index is 0.0213. The second-order valence-electron chi connectivity index (χ2n) is 7.56. The van der Waals surface area contributed by atoms with Crippen LogP contribution in [-0.4, -0.2) is 39.4 Å². The van der Waals surface area contributed by atoms with Crippen LogP contribution in [0.25, 0.3) is 11.2 Å². The van der Waals surface area contributed by atoms with Gasteiger partial charge in [-0.15, -0.1) is 0 Å². The summed E-state index contributed by atoms with van der Waals surface area (Å²) in [4.78, 5) is 23.2. The maximum Gasteiger partial charge on any atom is 0.289 e. The number of rotatable bonds is 4. The van der Waals surface area contributed by atoms with Gasteiger partial charge >= 0.3 is 0 Å². The maximum absolute atomic E-state index is 13.8. The fourth-order valence-corrected chi connectivity index (χ4v) is 5.79. The van der Waals surface area contributed by atoms with Crippen molar-refractivity contribution in [2.24, 2.45) is 0 Å². The Hall–Kier alpha value is -3.61. The number of hydrogen-bond donors (Lipinski definition) is 0. The summed E-state index contributed by atoms with van der Waals surface area (Å²) in [5, 5.41) is 11.6. The van der Waals surface area contributed by atoms with Gasteiger partial charge in [-0.05, 0) is 30.7 Å². The van der Waals surface area contributed by atoms with Crippen LogP contribution in [0.2, 0.25) is 5.28 Å². The van der Waals surface area contributed by atoms with Gasteiger partial charge in [-0.2, -0.15) is 4.98 Å². The lowest BCUT2D eigenvalue weighted by Gasteiger charge is -2.27. The van der Waals surface area contributed by atoms with Crippen molar-refractivity contribution in [2.45, 2.75) is 24.7 Å². The summed E-state index contributed by atoms with van der Waals surface area (Å²) in [6, 6.07) is 12.1. The Morgan fingerprint density at radius 3 is 2.68 bits per heavy atom. The van der Waals surface area contributed by atoms with E-state index in [-0.39, 0.29) is 18.4 Å². The summed E-state index contributed by atoms with van der Waals surface area (Å²) < 4.78 is 36.4. The van der Waals surface area contributed by atoms with Gasteiger partial charge in [-0.3, -0.25) is 19.0 Å². The molecule has 1 aliphatic rings. The van der Waals surface area contributed by atoms with Crippen LogP contribution in [0.4, 0.5) is 11.4 Å². The Morgan fingerprint density at radius 2 is 1.88 bits per heavy atom. The van der Waals surface area contributed by atoms with Crippen LogP contribution in [-0.2, 0) is 21.4 Å². The Morgan fingerprint density at radius 1 is 1.15 bits per heavy atom. The van der Waals surface area contributed by atoms with Crippen molar-refractivity contribution in [1.29, 1.82) is 0 Å². The van der Waals surface area contributed by atoms with E-state index in [1.807, 2.05) is 0 Å². The molecule has 3 heterocycles. The molecule has 13 heteroatoms. The average Bonchev–Trinajstić information content (AvgIpc) is 3.13. The fraction of sp³-hybridized carbons (Fsp3) is 0.190. The molecule has 0 spiro atoms. The number of ether oxygens (including phenoxy) is 1. The molecule has 2 aromatic heterocycles. The third kappa shape index (κ3) is 3.65. The third-order valence-corrected chi connectivity index (χ3v) is 7.52. The smallest absolute Gasteiger partial charge is 0.289 e. The molecular weight excluding hydrogens is 484 g/mol. The monoisotopic (exact) mass is 500 g/mol. The molecule has 2 aromatic carbocycles. The predicted molar refractivity (Wildman–Crippen MR) is 123 cm³/mol. The summed E-state index contributed by atoms with van der Waals surface area (Å²) in [5.74, 6) is 0. The molecule has 0 N–H and O–H groups in total. The van der Waals surface area contributed by atoms with Gasteiger partial charge in [-0.1, -0.05) is 30.3 Å². The standard InChI is InChI=1S/C21H17ClN6O5S/c1-13-19-20(25-21(22)24-13)26(12-23-19)18-10-27(15-7-3-2-6-14(15)11-33-18)34(31,32)17-9-5-4-8-16(17)28(29)30/h2-9,12,18H,10-11H2,1H3. The highest BCUT2D eigenvalue weighted by atomic mass is 35.5. The van der Waals surface area contributed by atoms with Gasteiger partial charge in [-0.25, -0.2) is 18.4 Å². The van der Waals surface area contributed by atoms with Crippen LogP contribution in [0, 0.1) is 17.0 Å². The minimum atomic E-state index is -4.35. The lowest BCUT2D eigenvalue weighted by molar-refractivity contribution is -0.387. The van der Waals surface area contributed by atoms with Gasteiger partial charge in [0.15, 0.2) is 16.8 Å². The largest absolute Gasteiger partial charge is 0.351 e. The van der Waals surface area contributed by atoms with Crippen molar-refractivity contribution >= 4 is 44.2 Å². The number of benzene rings is 2. The number of halogens is 1. The zero-order chi connectivity index (χ0) is 24.0. The van der Waals surface area contributed by atoms with Crippen LogP contribution in [0.15, 0.2) is 59.8 Å². The quantitative estimate of drug-likeness (QED) is 0.235. The Labute approximate surface area is 198 Å². The topological polar surface area (TPSA) is 133 Å². The molecule has 0 radical (unpaired) electrons. The van der Waals surface area contributed by atoms with Crippen molar-refractivity contribution in [3.05, 3.63) is 81.5 Å². The second-order valence-corrected chi connectivity index (χ2v) is 9.73. The molecule has 1 unspecified atom stereocenters. The highest BCUT2D eigenvalue weighted by Crippen LogP contribution is 2.36. The van der Waals surface area contributed by atoms with Gasteiger partial charge in [0, 0.05) is 11.6 Å². The summed E-state index contributed by atoms with van der Waals surface area (Å²) in [6.45, 7) is 1.65. The number of nitro benzene ring substituents is 1. The van der Waals surface area contributed by atoms with Crippen molar-refractivity contribution < 1.29 is 18.1 Å². The Kier molecular flexibility index (Phi) is 5.42. The van der Waals surface area contributed by atoms with Gasteiger partial charge in [0.1, 0.15) is 5.52 Å². The van der Waals surface area contributed by atoms with Crippen molar-refractivity contribution in [3.63, 3.8) is 0 Å². The molecule has 5 rings (SSSR count). The molecule has 11 nitrogen and oxygen atoms in total. The van der Waals surface area contributed by atoms with Crippen molar-refractivity contribution in [2.75, 3.05) is 10.8 Å². The SMILES string of the molecule is Cc1nc(Cl)nc2c1ncn2C1CN(S(=O)(=O)c2ccccc2[N+](=O)[O-])c2ccccc2CO1. The minimum Gasteiger partial charge on any atom is -0.351 e. The first-order valence-electron chi connectivity index (χ1n) is 10.1. The maximum atomic E-state index is 13.8. The number of hydrogen-bond acceptors (Lipinski definition) is 8. The predicted octanol–water partition coefficient (Wildman–Crippen LogP) is 3.62. The molecule has 0 saturated heterocycles. The third-order valence-electron chi connectivity index (χ3n) is 5.52. The molecule has 0 fully saturated rings. The first-order valence-corrected chi connectivity index (χ1v) is 11.9. The zero-order valence-corrected chi connectivity index (χ0v) is 19.3. The average molecular weight is 501 g/mol. The van der Waals surface area contributed by atoms with Crippen LogP contribution >= 0.6 is 11.6 Å². The summed E-state index contributed by atoms with van der Waals surface area (Å²) in [7, 11) is -4.35. The van der Waals surface area contributed by atoms with Gasteiger partial charge < -0.3 is 4.74 Å². The van der Waals surface area contributed by atoms with E-state index in [1.165, 1.54) is 24.5 Å². The molecule has 34 heavy (non-hydrogen) atoms. The highest BCUT2D eigenvalue weighted by Gasteiger charge is 2.37. The number of nitro groups is 1. The number of sulfonamides is 1.